The van der Waals surface area contributed by atoms with Gasteiger partial charge in [-0.25, -0.2) is 0 Å². The third-order valence-corrected chi connectivity index (χ3v) is 5.49. The summed E-state index contributed by atoms with van der Waals surface area (Å²) in [4.78, 5) is 27.0. The van der Waals surface area contributed by atoms with Gasteiger partial charge in [-0.3, -0.25) is 9.59 Å². The van der Waals surface area contributed by atoms with Crippen LogP contribution in [0, 0.1) is 13.8 Å². The summed E-state index contributed by atoms with van der Waals surface area (Å²) in [6, 6.07) is 28.4. The summed E-state index contributed by atoms with van der Waals surface area (Å²) in [5.74, 6) is -0.246. The molecule has 1 aromatic heterocycles. The van der Waals surface area contributed by atoms with E-state index in [0.717, 1.165) is 17.0 Å². The molecule has 30 heavy (non-hydrogen) atoms. The molecular weight excluding hydrogens is 370 g/mol. The fourth-order valence-electron chi connectivity index (χ4n) is 3.91. The smallest absolute Gasteiger partial charge is 0.195 e. The van der Waals surface area contributed by atoms with Crippen LogP contribution in [0.15, 0.2) is 91.0 Å². The van der Waals surface area contributed by atoms with Crippen LogP contribution >= 0.6 is 0 Å². The third kappa shape index (κ3) is 3.62. The Morgan fingerprint density at radius 2 is 0.967 bits per heavy atom. The van der Waals surface area contributed by atoms with Crippen molar-refractivity contribution < 1.29 is 9.59 Å². The van der Waals surface area contributed by atoms with E-state index in [4.69, 9.17) is 0 Å². The molecule has 4 rings (SSSR count). The summed E-state index contributed by atoms with van der Waals surface area (Å²) in [5, 5.41) is 0. The normalized spacial score (nSPS) is 10.7. The van der Waals surface area contributed by atoms with Gasteiger partial charge in [-0.1, -0.05) is 91.0 Å². The zero-order valence-electron chi connectivity index (χ0n) is 17.1. The summed E-state index contributed by atoms with van der Waals surface area (Å²) >= 11 is 0. The molecule has 0 N–H and O–H groups in total. The number of carbonyl (C=O) groups excluding carboxylic acids is 2. The summed E-state index contributed by atoms with van der Waals surface area (Å²) < 4.78 is 2.07. The van der Waals surface area contributed by atoms with Crippen molar-refractivity contribution in [1.29, 1.82) is 0 Å². The lowest BCUT2D eigenvalue weighted by Gasteiger charge is -2.10. The maximum Gasteiger partial charge on any atom is 0.195 e. The standard InChI is InChI=1S/C27H23NO2/c1-19-24(26(29)22-14-8-4-9-15-22)25(27(30)23-16-10-5-11-17-23)20(2)28(19)18-21-12-6-3-7-13-21/h3-17H,18H2,1-2H3. The molecule has 0 spiro atoms. The third-order valence-electron chi connectivity index (χ3n) is 5.49. The van der Waals surface area contributed by atoms with Crippen molar-refractivity contribution in [2.75, 3.05) is 0 Å². The first-order valence-corrected chi connectivity index (χ1v) is 10.0. The molecule has 0 fully saturated rings. The molecule has 148 valence electrons. The monoisotopic (exact) mass is 393 g/mol. The molecule has 3 aromatic carbocycles. The van der Waals surface area contributed by atoms with Crippen molar-refractivity contribution in [1.82, 2.24) is 4.57 Å². The summed E-state index contributed by atoms with van der Waals surface area (Å²) in [6.45, 7) is 4.46. The number of ketones is 2. The van der Waals surface area contributed by atoms with E-state index in [-0.39, 0.29) is 11.6 Å². The van der Waals surface area contributed by atoms with Crippen LogP contribution in [0.25, 0.3) is 0 Å². The van der Waals surface area contributed by atoms with Crippen molar-refractivity contribution in [2.24, 2.45) is 0 Å². The molecule has 0 bridgehead atoms. The van der Waals surface area contributed by atoms with Gasteiger partial charge in [-0.15, -0.1) is 0 Å². The molecular formula is C27H23NO2. The highest BCUT2D eigenvalue weighted by molar-refractivity contribution is 6.21. The van der Waals surface area contributed by atoms with E-state index in [0.29, 0.717) is 28.8 Å². The largest absolute Gasteiger partial charge is 0.343 e. The Morgan fingerprint density at radius 1 is 0.600 bits per heavy atom. The first-order chi connectivity index (χ1) is 14.6. The van der Waals surface area contributed by atoms with Crippen LogP contribution in [-0.2, 0) is 6.54 Å². The number of rotatable bonds is 6. The van der Waals surface area contributed by atoms with Gasteiger partial charge in [0.25, 0.3) is 0 Å². The van der Waals surface area contributed by atoms with Crippen molar-refractivity contribution >= 4 is 11.6 Å². The van der Waals surface area contributed by atoms with Gasteiger partial charge in [-0.05, 0) is 19.4 Å². The van der Waals surface area contributed by atoms with E-state index in [1.54, 1.807) is 24.3 Å². The molecule has 4 aromatic rings. The predicted octanol–water partition coefficient (Wildman–Crippen LogP) is 5.62. The van der Waals surface area contributed by atoms with Crippen molar-refractivity contribution in [3.05, 3.63) is 130 Å². The summed E-state index contributed by atoms with van der Waals surface area (Å²) in [6.07, 6.45) is 0. The maximum atomic E-state index is 13.5. The minimum Gasteiger partial charge on any atom is -0.343 e. The van der Waals surface area contributed by atoms with Crippen LogP contribution < -0.4 is 0 Å². The number of hydrogen-bond donors (Lipinski definition) is 0. The Kier molecular flexibility index (Phi) is 5.44. The van der Waals surface area contributed by atoms with Crippen LogP contribution in [-0.4, -0.2) is 16.1 Å². The molecule has 0 saturated heterocycles. The SMILES string of the molecule is Cc1c(C(=O)c2ccccc2)c(C(=O)c2ccccc2)c(C)n1Cc1ccccc1. The Labute approximate surface area is 176 Å². The van der Waals surface area contributed by atoms with Crippen molar-refractivity contribution in [2.45, 2.75) is 20.4 Å². The molecule has 0 atom stereocenters. The van der Waals surface area contributed by atoms with Gasteiger partial charge in [0.1, 0.15) is 0 Å². The molecule has 0 aliphatic rings. The number of nitrogens with zero attached hydrogens (tertiary/aromatic N) is 1. The van der Waals surface area contributed by atoms with Crippen LogP contribution in [0.2, 0.25) is 0 Å². The van der Waals surface area contributed by atoms with E-state index in [1.165, 1.54) is 0 Å². The fraction of sp³-hybridized carbons (Fsp3) is 0.111. The number of aromatic nitrogens is 1. The van der Waals surface area contributed by atoms with Gasteiger partial charge in [0.15, 0.2) is 11.6 Å². The highest BCUT2D eigenvalue weighted by atomic mass is 16.1. The van der Waals surface area contributed by atoms with E-state index in [9.17, 15) is 9.59 Å². The van der Waals surface area contributed by atoms with Gasteiger partial charge in [0.2, 0.25) is 0 Å². The molecule has 0 amide bonds. The lowest BCUT2D eigenvalue weighted by molar-refractivity contribution is 0.100. The van der Waals surface area contributed by atoms with E-state index in [1.807, 2.05) is 68.4 Å². The number of benzene rings is 3. The molecule has 3 nitrogen and oxygen atoms in total. The predicted molar refractivity (Wildman–Crippen MR) is 119 cm³/mol. The van der Waals surface area contributed by atoms with Gasteiger partial charge >= 0.3 is 0 Å². The van der Waals surface area contributed by atoms with Gasteiger partial charge in [0.05, 0.1) is 11.1 Å². The second kappa shape index (κ2) is 8.34. The van der Waals surface area contributed by atoms with Gasteiger partial charge in [0, 0.05) is 29.1 Å². The average Bonchev–Trinajstić information content (AvgIpc) is 3.04. The van der Waals surface area contributed by atoms with Crippen LogP contribution in [0.5, 0.6) is 0 Å². The highest BCUT2D eigenvalue weighted by Gasteiger charge is 2.28. The van der Waals surface area contributed by atoms with Crippen LogP contribution in [0.4, 0.5) is 0 Å². The van der Waals surface area contributed by atoms with E-state index in [2.05, 4.69) is 16.7 Å². The Hall–Kier alpha value is -3.72. The molecule has 0 saturated carbocycles. The minimum atomic E-state index is -0.123. The Balaban J connectivity index is 1.89. The summed E-state index contributed by atoms with van der Waals surface area (Å²) in [7, 11) is 0. The zero-order chi connectivity index (χ0) is 21.1. The molecule has 0 radical (unpaired) electrons. The van der Waals surface area contributed by atoms with Gasteiger partial charge < -0.3 is 4.57 Å². The van der Waals surface area contributed by atoms with E-state index >= 15 is 0 Å². The summed E-state index contributed by atoms with van der Waals surface area (Å²) in [5.41, 5.74) is 4.89. The van der Waals surface area contributed by atoms with Crippen LogP contribution in [0.1, 0.15) is 48.8 Å². The molecule has 0 aliphatic carbocycles. The lowest BCUT2D eigenvalue weighted by Crippen LogP contribution is -2.11. The Bertz CT molecular complexity index is 1120. The second-order valence-electron chi connectivity index (χ2n) is 7.38. The Morgan fingerprint density at radius 3 is 1.37 bits per heavy atom. The molecule has 3 heteroatoms. The zero-order valence-corrected chi connectivity index (χ0v) is 17.1. The first kappa shape index (κ1) is 19.6. The average molecular weight is 393 g/mol. The van der Waals surface area contributed by atoms with E-state index < -0.39 is 0 Å². The fourth-order valence-corrected chi connectivity index (χ4v) is 3.91. The molecule has 0 unspecified atom stereocenters. The lowest BCUT2D eigenvalue weighted by atomic mass is 9.94. The van der Waals surface area contributed by atoms with Crippen LogP contribution in [0.3, 0.4) is 0 Å². The van der Waals surface area contributed by atoms with Crippen molar-refractivity contribution in [3.63, 3.8) is 0 Å². The quantitative estimate of drug-likeness (QED) is 0.399. The minimum absolute atomic E-state index is 0.123. The second-order valence-corrected chi connectivity index (χ2v) is 7.38. The highest BCUT2D eigenvalue weighted by Crippen LogP contribution is 2.28. The van der Waals surface area contributed by atoms with Gasteiger partial charge in [-0.2, -0.15) is 0 Å². The number of carbonyl (C=O) groups is 2. The molecule has 1 heterocycles. The topological polar surface area (TPSA) is 39.1 Å². The maximum absolute atomic E-state index is 13.5. The first-order valence-electron chi connectivity index (χ1n) is 10.0. The number of hydrogen-bond acceptors (Lipinski definition) is 2. The molecule has 0 aliphatic heterocycles. The van der Waals surface area contributed by atoms with Crippen molar-refractivity contribution in [3.8, 4) is 0 Å².